The number of hydrogen-bond donors (Lipinski definition) is 1. The zero-order valence-electron chi connectivity index (χ0n) is 10.2. The van der Waals surface area contributed by atoms with E-state index in [-0.39, 0.29) is 17.8 Å². The minimum absolute atomic E-state index is 0.0835. The topological polar surface area (TPSA) is 114 Å². The van der Waals surface area contributed by atoms with Gasteiger partial charge in [-0.15, -0.1) is 0 Å². The van der Waals surface area contributed by atoms with Crippen molar-refractivity contribution < 1.29 is 9.72 Å². The molecule has 0 saturated carbocycles. The minimum Gasteiger partial charge on any atom is -0.305 e. The first-order valence-corrected chi connectivity index (χ1v) is 5.56. The second-order valence-electron chi connectivity index (χ2n) is 3.81. The summed E-state index contributed by atoms with van der Waals surface area (Å²) in [5.74, 6) is -0.120. The fourth-order valence-electron chi connectivity index (χ4n) is 1.51. The van der Waals surface area contributed by atoms with E-state index in [9.17, 15) is 14.9 Å². The van der Waals surface area contributed by atoms with Gasteiger partial charge in [-0.25, -0.2) is 0 Å². The van der Waals surface area contributed by atoms with Crippen LogP contribution in [0.5, 0.6) is 0 Å². The van der Waals surface area contributed by atoms with Gasteiger partial charge in [0.1, 0.15) is 6.54 Å². The lowest BCUT2D eigenvalue weighted by Crippen LogP contribution is -2.12. The molecule has 1 amide bonds. The van der Waals surface area contributed by atoms with Gasteiger partial charge in [0.25, 0.3) is 11.6 Å². The van der Waals surface area contributed by atoms with Crippen molar-refractivity contribution in [2.45, 2.75) is 6.54 Å². The predicted molar refractivity (Wildman–Crippen MR) is 68.9 cm³/mol. The van der Waals surface area contributed by atoms with Crippen molar-refractivity contribution in [1.29, 1.82) is 5.26 Å². The van der Waals surface area contributed by atoms with Crippen molar-refractivity contribution in [1.82, 2.24) is 9.78 Å². The van der Waals surface area contributed by atoms with Crippen molar-refractivity contribution in [2.24, 2.45) is 0 Å². The molecule has 100 valence electrons. The maximum atomic E-state index is 11.9. The molecule has 0 aliphatic heterocycles. The number of benzene rings is 1. The van der Waals surface area contributed by atoms with Gasteiger partial charge in [0.05, 0.1) is 11.0 Å². The number of nitriles is 1. The number of hydrogen-bond acceptors (Lipinski definition) is 5. The third-order valence-corrected chi connectivity index (χ3v) is 2.46. The van der Waals surface area contributed by atoms with Crippen molar-refractivity contribution in [3.8, 4) is 6.07 Å². The fraction of sp³-hybridized carbons (Fsp3) is 0.0833. The maximum Gasteiger partial charge on any atom is 0.269 e. The molecule has 0 atom stereocenters. The summed E-state index contributed by atoms with van der Waals surface area (Å²) in [7, 11) is 0. The van der Waals surface area contributed by atoms with Crippen LogP contribution in [0.2, 0.25) is 0 Å². The summed E-state index contributed by atoms with van der Waals surface area (Å²) in [6.45, 7) is 0.0907. The van der Waals surface area contributed by atoms with E-state index in [1.807, 2.05) is 6.07 Å². The number of carbonyl (C=O) groups excluding carboxylic acids is 1. The Morgan fingerprint density at radius 1 is 1.40 bits per heavy atom. The lowest BCUT2D eigenvalue weighted by atomic mass is 10.2. The van der Waals surface area contributed by atoms with Gasteiger partial charge in [0, 0.05) is 30.0 Å². The Labute approximate surface area is 113 Å². The van der Waals surface area contributed by atoms with Crippen LogP contribution in [-0.2, 0) is 6.54 Å². The van der Waals surface area contributed by atoms with Gasteiger partial charge in [-0.3, -0.25) is 19.6 Å². The Morgan fingerprint density at radius 2 is 2.10 bits per heavy atom. The first kappa shape index (κ1) is 13.2. The maximum absolute atomic E-state index is 11.9. The molecule has 0 unspecified atom stereocenters. The van der Waals surface area contributed by atoms with E-state index in [0.717, 1.165) is 0 Å². The Bertz CT molecular complexity index is 684. The summed E-state index contributed by atoms with van der Waals surface area (Å²) in [4.78, 5) is 21.8. The van der Waals surface area contributed by atoms with Crippen LogP contribution in [0.4, 0.5) is 11.5 Å². The van der Waals surface area contributed by atoms with Crippen LogP contribution < -0.4 is 5.32 Å². The summed E-state index contributed by atoms with van der Waals surface area (Å²) >= 11 is 0. The Balaban J connectivity index is 2.07. The third-order valence-electron chi connectivity index (χ3n) is 2.46. The number of aromatic nitrogens is 2. The first-order chi connectivity index (χ1) is 9.60. The van der Waals surface area contributed by atoms with Crippen LogP contribution in [0.1, 0.15) is 10.4 Å². The molecule has 2 rings (SSSR count). The standard InChI is InChI=1S/C12H9N5O3/c13-6-8-16-7-5-11(15-16)14-12(18)9-1-3-10(4-2-9)17(19)20/h1-5,7H,8H2,(H,14,15,18). The average Bonchev–Trinajstić information content (AvgIpc) is 2.86. The number of rotatable bonds is 4. The highest BCUT2D eigenvalue weighted by atomic mass is 16.6. The molecule has 0 aliphatic carbocycles. The monoisotopic (exact) mass is 271 g/mol. The highest BCUT2D eigenvalue weighted by Gasteiger charge is 2.10. The van der Waals surface area contributed by atoms with Crippen LogP contribution in [-0.4, -0.2) is 20.6 Å². The lowest BCUT2D eigenvalue weighted by molar-refractivity contribution is -0.384. The number of nitro groups is 1. The quantitative estimate of drug-likeness (QED) is 0.669. The molecular formula is C12H9N5O3. The summed E-state index contributed by atoms with van der Waals surface area (Å²) in [5, 5.41) is 25.5. The molecule has 0 aliphatic rings. The zero-order chi connectivity index (χ0) is 14.5. The third kappa shape index (κ3) is 2.97. The number of carbonyl (C=O) groups is 1. The summed E-state index contributed by atoms with van der Waals surface area (Å²) in [5.41, 5.74) is 0.199. The van der Waals surface area contributed by atoms with Crippen molar-refractivity contribution >= 4 is 17.4 Å². The normalized spacial score (nSPS) is 9.75. The van der Waals surface area contributed by atoms with Crippen LogP contribution >= 0.6 is 0 Å². The molecule has 0 bridgehead atoms. The van der Waals surface area contributed by atoms with Crippen molar-refractivity contribution in [3.63, 3.8) is 0 Å². The molecule has 1 aromatic heterocycles. The average molecular weight is 271 g/mol. The predicted octanol–water partition coefficient (Wildman–Crippen LogP) is 1.57. The summed E-state index contributed by atoms with van der Waals surface area (Å²) < 4.78 is 1.38. The van der Waals surface area contributed by atoms with E-state index in [1.165, 1.54) is 28.9 Å². The second-order valence-corrected chi connectivity index (χ2v) is 3.81. The Kier molecular flexibility index (Phi) is 3.72. The minimum atomic E-state index is -0.536. The van der Waals surface area contributed by atoms with Gasteiger partial charge >= 0.3 is 0 Å². The van der Waals surface area contributed by atoms with Crippen molar-refractivity contribution in [3.05, 3.63) is 52.2 Å². The second kappa shape index (κ2) is 5.62. The van der Waals surface area contributed by atoms with Gasteiger partial charge in [-0.1, -0.05) is 0 Å². The Hall–Kier alpha value is -3.21. The molecule has 8 nitrogen and oxygen atoms in total. The van der Waals surface area contributed by atoms with E-state index in [4.69, 9.17) is 5.26 Å². The van der Waals surface area contributed by atoms with Crippen LogP contribution in [0, 0.1) is 21.4 Å². The number of non-ortho nitro benzene ring substituents is 1. The molecule has 0 radical (unpaired) electrons. The van der Waals surface area contributed by atoms with E-state index in [0.29, 0.717) is 5.82 Å². The molecule has 20 heavy (non-hydrogen) atoms. The number of amides is 1. The van der Waals surface area contributed by atoms with E-state index in [2.05, 4.69) is 10.4 Å². The molecule has 8 heteroatoms. The zero-order valence-corrected chi connectivity index (χ0v) is 10.2. The number of anilines is 1. The molecule has 0 fully saturated rings. The largest absolute Gasteiger partial charge is 0.305 e. The number of nitrogens with one attached hydrogen (secondary N) is 1. The van der Waals surface area contributed by atoms with E-state index >= 15 is 0 Å². The molecule has 1 heterocycles. The molecule has 2 aromatic rings. The van der Waals surface area contributed by atoms with Crippen LogP contribution in [0.25, 0.3) is 0 Å². The smallest absolute Gasteiger partial charge is 0.269 e. The lowest BCUT2D eigenvalue weighted by Gasteiger charge is -2.01. The van der Waals surface area contributed by atoms with Crippen LogP contribution in [0.15, 0.2) is 36.5 Å². The Morgan fingerprint density at radius 3 is 2.70 bits per heavy atom. The number of nitro benzene ring substituents is 1. The van der Waals surface area contributed by atoms with E-state index in [1.54, 1.807) is 12.3 Å². The van der Waals surface area contributed by atoms with Gasteiger partial charge in [-0.2, -0.15) is 10.4 Å². The van der Waals surface area contributed by atoms with Gasteiger partial charge in [0.2, 0.25) is 0 Å². The first-order valence-electron chi connectivity index (χ1n) is 5.56. The highest BCUT2D eigenvalue weighted by molar-refractivity contribution is 6.03. The molecule has 1 aromatic carbocycles. The SMILES string of the molecule is N#CCn1ccc(NC(=O)c2ccc([N+](=O)[O-])cc2)n1. The molecule has 0 spiro atoms. The van der Waals surface area contributed by atoms with E-state index < -0.39 is 10.8 Å². The van der Waals surface area contributed by atoms with Gasteiger partial charge in [-0.05, 0) is 12.1 Å². The summed E-state index contributed by atoms with van der Waals surface area (Å²) in [6, 6.07) is 8.71. The van der Waals surface area contributed by atoms with Crippen LogP contribution in [0.3, 0.4) is 0 Å². The van der Waals surface area contributed by atoms with Gasteiger partial charge in [0.15, 0.2) is 5.82 Å². The number of nitrogens with zero attached hydrogens (tertiary/aromatic N) is 4. The summed E-state index contributed by atoms with van der Waals surface area (Å²) in [6.07, 6.45) is 1.56. The highest BCUT2D eigenvalue weighted by Crippen LogP contribution is 2.13. The fourth-order valence-corrected chi connectivity index (χ4v) is 1.51. The van der Waals surface area contributed by atoms with Gasteiger partial charge < -0.3 is 5.32 Å². The molecule has 0 saturated heterocycles. The molecule has 1 N–H and O–H groups in total. The molecular weight excluding hydrogens is 262 g/mol. The van der Waals surface area contributed by atoms with Crippen molar-refractivity contribution in [2.75, 3.05) is 5.32 Å².